The van der Waals surface area contributed by atoms with Gasteiger partial charge in [0.25, 0.3) is 0 Å². The number of ether oxygens (including phenoxy) is 1. The number of Topliss-reactive ketones (excluding diaryl/α,β-unsaturated/α-hetero) is 1. The molecule has 1 atom stereocenters. The van der Waals surface area contributed by atoms with Gasteiger partial charge in [0.15, 0.2) is 16.8 Å². The highest BCUT2D eigenvalue weighted by atomic mass is 32.2. The zero-order chi connectivity index (χ0) is 22.8. The van der Waals surface area contributed by atoms with Crippen LogP contribution >= 0.6 is 11.8 Å². The smallest absolute Gasteiger partial charge is 0.192 e. The fourth-order valence-electron chi connectivity index (χ4n) is 3.85. The van der Waals surface area contributed by atoms with E-state index in [0.717, 1.165) is 27.8 Å². The van der Waals surface area contributed by atoms with Crippen molar-refractivity contribution in [3.8, 4) is 17.1 Å². The first-order chi connectivity index (χ1) is 16.2. The van der Waals surface area contributed by atoms with Crippen LogP contribution in [0, 0.1) is 0 Å². The summed E-state index contributed by atoms with van der Waals surface area (Å²) in [5.41, 5.74) is 3.43. The molecule has 164 valence electrons. The molecular weight excluding hydrogens is 432 g/mol. The number of nitrogens with one attached hydrogen (secondary N) is 1. The van der Waals surface area contributed by atoms with E-state index in [1.165, 1.54) is 11.8 Å². The van der Waals surface area contributed by atoms with E-state index >= 15 is 0 Å². The third-order valence-corrected chi connectivity index (χ3v) is 6.87. The minimum Gasteiger partial charge on any atom is -0.497 e. The Labute approximate surface area is 195 Å². The van der Waals surface area contributed by atoms with E-state index in [-0.39, 0.29) is 5.78 Å². The van der Waals surface area contributed by atoms with Crippen molar-refractivity contribution in [2.24, 2.45) is 7.05 Å². The molecular formula is C26H22N4O2S. The maximum Gasteiger partial charge on any atom is 0.192 e. The first-order valence-electron chi connectivity index (χ1n) is 10.5. The van der Waals surface area contributed by atoms with Crippen LogP contribution in [-0.2, 0) is 7.05 Å². The maximum atomic E-state index is 13.8. The topological polar surface area (TPSA) is 72.8 Å². The van der Waals surface area contributed by atoms with Crippen molar-refractivity contribution in [2.45, 2.75) is 10.4 Å². The summed E-state index contributed by atoms with van der Waals surface area (Å²) >= 11 is 1.40. The van der Waals surface area contributed by atoms with Crippen LogP contribution in [0.15, 0.2) is 90.2 Å². The standard InChI is InChI=1S/C26H22N4O2S/c1-30-25(18-11-8-12-19(15-18)32-2)28-29-26(30)33-24(17-9-4-3-5-10-17)23(31)21-16-27-22-14-7-6-13-20(21)22/h3-16,24,27H,1-2H3/t24-/m0/s1. The van der Waals surface area contributed by atoms with Gasteiger partial charge < -0.3 is 14.3 Å². The number of carbonyl (C=O) groups is 1. The number of para-hydroxylation sites is 1. The molecule has 0 fully saturated rings. The number of carbonyl (C=O) groups excluding carboxylic acids is 1. The molecule has 7 heteroatoms. The average molecular weight is 455 g/mol. The molecule has 0 radical (unpaired) electrons. The first kappa shape index (κ1) is 21.0. The van der Waals surface area contributed by atoms with Gasteiger partial charge in [-0.05, 0) is 23.8 Å². The highest BCUT2D eigenvalue weighted by Crippen LogP contribution is 2.39. The number of fused-ring (bicyclic) bond motifs is 1. The summed E-state index contributed by atoms with van der Waals surface area (Å²) in [6.07, 6.45) is 1.79. The Kier molecular flexibility index (Phi) is 5.71. The molecule has 0 spiro atoms. The summed E-state index contributed by atoms with van der Waals surface area (Å²) in [5.74, 6) is 1.48. The molecule has 5 rings (SSSR count). The number of nitrogens with zero attached hydrogens (tertiary/aromatic N) is 3. The van der Waals surface area contributed by atoms with Crippen LogP contribution < -0.4 is 4.74 Å². The second kappa shape index (κ2) is 8.96. The number of ketones is 1. The van der Waals surface area contributed by atoms with Crippen LogP contribution in [-0.4, -0.2) is 32.6 Å². The maximum absolute atomic E-state index is 13.8. The molecule has 33 heavy (non-hydrogen) atoms. The quantitative estimate of drug-likeness (QED) is 0.253. The predicted molar refractivity (Wildman–Crippen MR) is 131 cm³/mol. The van der Waals surface area contributed by atoms with Gasteiger partial charge in [-0.25, -0.2) is 0 Å². The summed E-state index contributed by atoms with van der Waals surface area (Å²) in [6.45, 7) is 0. The van der Waals surface area contributed by atoms with Crippen LogP contribution in [0.3, 0.4) is 0 Å². The van der Waals surface area contributed by atoms with Gasteiger partial charge in [-0.1, -0.05) is 72.4 Å². The highest BCUT2D eigenvalue weighted by molar-refractivity contribution is 8.00. The summed E-state index contributed by atoms with van der Waals surface area (Å²) in [7, 11) is 3.55. The number of benzene rings is 3. The van der Waals surface area contributed by atoms with Gasteiger partial charge in [0, 0.05) is 35.3 Å². The van der Waals surface area contributed by atoms with Gasteiger partial charge in [-0.3, -0.25) is 4.79 Å². The zero-order valence-electron chi connectivity index (χ0n) is 18.2. The molecule has 2 aromatic heterocycles. The molecule has 2 heterocycles. The zero-order valence-corrected chi connectivity index (χ0v) is 19.0. The van der Waals surface area contributed by atoms with Crippen LogP contribution in [0.25, 0.3) is 22.3 Å². The van der Waals surface area contributed by atoms with Gasteiger partial charge in [0.1, 0.15) is 11.0 Å². The third kappa shape index (κ3) is 4.03. The summed E-state index contributed by atoms with van der Waals surface area (Å²) < 4.78 is 7.26. The first-order valence-corrected chi connectivity index (χ1v) is 11.4. The van der Waals surface area contributed by atoms with E-state index in [0.29, 0.717) is 16.5 Å². The van der Waals surface area contributed by atoms with Gasteiger partial charge in [-0.15, -0.1) is 10.2 Å². The summed E-state index contributed by atoms with van der Waals surface area (Å²) in [5, 5.41) is 9.92. The van der Waals surface area contributed by atoms with Crippen molar-refractivity contribution in [2.75, 3.05) is 7.11 Å². The van der Waals surface area contributed by atoms with Gasteiger partial charge in [0.2, 0.25) is 0 Å². The van der Waals surface area contributed by atoms with Crippen LogP contribution in [0.1, 0.15) is 21.2 Å². The Morgan fingerprint density at radius 3 is 2.61 bits per heavy atom. The molecule has 0 amide bonds. The van der Waals surface area contributed by atoms with Crippen molar-refractivity contribution in [1.82, 2.24) is 19.7 Å². The van der Waals surface area contributed by atoms with Crippen LogP contribution in [0.5, 0.6) is 5.75 Å². The van der Waals surface area contributed by atoms with E-state index in [4.69, 9.17) is 4.74 Å². The van der Waals surface area contributed by atoms with Crippen molar-refractivity contribution in [3.05, 3.63) is 96.2 Å². The normalized spacial score (nSPS) is 12.1. The Bertz CT molecular complexity index is 1420. The Balaban J connectivity index is 1.53. The van der Waals surface area contributed by atoms with Crippen LogP contribution in [0.2, 0.25) is 0 Å². The monoisotopic (exact) mass is 454 g/mol. The Morgan fingerprint density at radius 2 is 1.79 bits per heavy atom. The fraction of sp³-hybridized carbons (Fsp3) is 0.115. The van der Waals surface area contributed by atoms with Gasteiger partial charge in [-0.2, -0.15) is 0 Å². The number of thioether (sulfide) groups is 1. The molecule has 0 aliphatic rings. The lowest BCUT2D eigenvalue weighted by Gasteiger charge is -2.15. The molecule has 3 aromatic carbocycles. The van der Waals surface area contributed by atoms with E-state index in [1.54, 1.807) is 13.3 Å². The number of hydrogen-bond acceptors (Lipinski definition) is 5. The highest BCUT2D eigenvalue weighted by Gasteiger charge is 2.28. The summed E-state index contributed by atoms with van der Waals surface area (Å²) in [4.78, 5) is 17.0. The Morgan fingerprint density at radius 1 is 1.00 bits per heavy atom. The Hall–Kier alpha value is -3.84. The van der Waals surface area contributed by atoms with E-state index < -0.39 is 5.25 Å². The van der Waals surface area contributed by atoms with Crippen molar-refractivity contribution >= 4 is 28.4 Å². The number of aromatic nitrogens is 4. The second-order valence-electron chi connectivity index (χ2n) is 7.62. The van der Waals surface area contributed by atoms with Crippen molar-refractivity contribution in [1.29, 1.82) is 0 Å². The molecule has 0 aliphatic heterocycles. The summed E-state index contributed by atoms with van der Waals surface area (Å²) in [6, 6.07) is 25.3. The number of H-pyrrole nitrogens is 1. The van der Waals surface area contributed by atoms with Gasteiger partial charge >= 0.3 is 0 Å². The molecule has 6 nitrogen and oxygen atoms in total. The van der Waals surface area contributed by atoms with Crippen molar-refractivity contribution < 1.29 is 9.53 Å². The minimum atomic E-state index is -0.466. The van der Waals surface area contributed by atoms with Gasteiger partial charge in [0.05, 0.1) is 7.11 Å². The molecule has 5 aromatic rings. The number of methoxy groups -OCH3 is 1. The SMILES string of the molecule is COc1cccc(-c2nnc(S[C@H](C(=O)c3c[nH]c4ccccc34)c3ccccc3)n2C)c1. The number of rotatable bonds is 7. The van der Waals surface area contributed by atoms with E-state index in [1.807, 2.05) is 90.5 Å². The van der Waals surface area contributed by atoms with Crippen molar-refractivity contribution in [3.63, 3.8) is 0 Å². The minimum absolute atomic E-state index is 0.0228. The molecule has 0 saturated heterocycles. The van der Waals surface area contributed by atoms with E-state index in [2.05, 4.69) is 15.2 Å². The molecule has 0 bridgehead atoms. The lowest BCUT2D eigenvalue weighted by Crippen LogP contribution is -2.11. The molecule has 1 N–H and O–H groups in total. The molecule has 0 aliphatic carbocycles. The number of hydrogen-bond donors (Lipinski definition) is 1. The van der Waals surface area contributed by atoms with Crippen LogP contribution in [0.4, 0.5) is 0 Å². The lowest BCUT2D eigenvalue weighted by atomic mass is 10.0. The number of aromatic amines is 1. The fourth-order valence-corrected chi connectivity index (χ4v) is 4.92. The lowest BCUT2D eigenvalue weighted by molar-refractivity contribution is 0.0991. The second-order valence-corrected chi connectivity index (χ2v) is 8.69. The largest absolute Gasteiger partial charge is 0.497 e. The predicted octanol–water partition coefficient (Wildman–Crippen LogP) is 5.69. The molecule has 0 unspecified atom stereocenters. The van der Waals surface area contributed by atoms with E-state index in [9.17, 15) is 4.79 Å². The molecule has 0 saturated carbocycles. The average Bonchev–Trinajstić information content (AvgIpc) is 3.46. The third-order valence-electron chi connectivity index (χ3n) is 5.58.